The van der Waals surface area contributed by atoms with E-state index >= 15 is 0 Å². The summed E-state index contributed by atoms with van der Waals surface area (Å²) in [6.45, 7) is 0. The molecule has 4 aromatic rings. The van der Waals surface area contributed by atoms with Crippen molar-refractivity contribution in [2.24, 2.45) is 0 Å². The number of hydrogen-bond acceptors (Lipinski definition) is 7. The molecule has 2 aromatic heterocycles. The Balaban J connectivity index is 1.56. The van der Waals surface area contributed by atoms with Crippen LogP contribution in [0.5, 0.6) is 5.75 Å². The van der Waals surface area contributed by atoms with E-state index in [2.05, 4.69) is 20.3 Å². The molecule has 0 saturated heterocycles. The van der Waals surface area contributed by atoms with Gasteiger partial charge in [0, 0.05) is 5.56 Å². The molecule has 0 N–H and O–H groups in total. The average Bonchev–Trinajstić information content (AvgIpc) is 3.17. The lowest BCUT2D eigenvalue weighted by Gasteiger charge is -2.04. The van der Waals surface area contributed by atoms with Crippen LogP contribution in [0.15, 0.2) is 59.9 Å². The molecule has 4 rings (SSSR count). The quantitative estimate of drug-likeness (QED) is 0.281. The number of ether oxygens (including phenoxy) is 1. The molecule has 0 aliphatic heterocycles. The Kier molecular flexibility index (Phi) is 4.98. The van der Waals surface area contributed by atoms with Gasteiger partial charge in [0.15, 0.2) is 16.9 Å². The molecular weight excluding hydrogens is 381 g/mol. The SMILES string of the molecule is COc1ccc(C(=O)CSc2ncnc3c2nnn3-c2ccc(F)cc2)cc1. The summed E-state index contributed by atoms with van der Waals surface area (Å²) < 4.78 is 19.8. The van der Waals surface area contributed by atoms with Crippen molar-refractivity contribution >= 4 is 28.7 Å². The third-order valence-electron chi connectivity index (χ3n) is 4.03. The summed E-state index contributed by atoms with van der Waals surface area (Å²) in [7, 11) is 1.58. The van der Waals surface area contributed by atoms with E-state index in [1.54, 1.807) is 43.5 Å². The number of methoxy groups -OCH3 is 1. The fourth-order valence-electron chi connectivity index (χ4n) is 2.58. The molecule has 0 bridgehead atoms. The summed E-state index contributed by atoms with van der Waals surface area (Å²) >= 11 is 1.27. The molecule has 2 aromatic carbocycles. The Labute approximate surface area is 163 Å². The van der Waals surface area contributed by atoms with Crippen molar-refractivity contribution in [1.29, 1.82) is 0 Å². The molecule has 0 aliphatic carbocycles. The number of nitrogens with zero attached hydrogens (tertiary/aromatic N) is 5. The van der Waals surface area contributed by atoms with E-state index in [4.69, 9.17) is 4.74 Å². The number of hydrogen-bond donors (Lipinski definition) is 0. The van der Waals surface area contributed by atoms with E-state index in [0.717, 1.165) is 0 Å². The third kappa shape index (κ3) is 3.56. The van der Waals surface area contributed by atoms with Gasteiger partial charge in [-0.1, -0.05) is 17.0 Å². The maximum atomic E-state index is 13.2. The number of ketones is 1. The van der Waals surface area contributed by atoms with Crippen molar-refractivity contribution in [3.8, 4) is 11.4 Å². The molecule has 0 amide bonds. The topological polar surface area (TPSA) is 82.8 Å². The molecule has 0 saturated carbocycles. The van der Waals surface area contributed by atoms with Gasteiger partial charge in [-0.25, -0.2) is 14.4 Å². The van der Waals surface area contributed by atoms with Crippen LogP contribution < -0.4 is 4.74 Å². The van der Waals surface area contributed by atoms with Gasteiger partial charge < -0.3 is 4.74 Å². The summed E-state index contributed by atoms with van der Waals surface area (Å²) in [5.74, 6) is 0.516. The Morgan fingerprint density at radius 3 is 2.57 bits per heavy atom. The monoisotopic (exact) mass is 395 g/mol. The summed E-state index contributed by atoms with van der Waals surface area (Å²) in [6.07, 6.45) is 1.39. The highest BCUT2D eigenvalue weighted by atomic mass is 32.2. The lowest BCUT2D eigenvalue weighted by Crippen LogP contribution is -2.03. The molecule has 140 valence electrons. The number of carbonyl (C=O) groups is 1. The zero-order valence-corrected chi connectivity index (χ0v) is 15.6. The van der Waals surface area contributed by atoms with Crippen molar-refractivity contribution in [2.75, 3.05) is 12.9 Å². The Bertz CT molecular complexity index is 1130. The van der Waals surface area contributed by atoms with Crippen molar-refractivity contribution in [2.45, 2.75) is 5.03 Å². The first-order valence-corrected chi connectivity index (χ1v) is 9.26. The third-order valence-corrected chi connectivity index (χ3v) is 5.01. The molecular formula is C19H14FN5O2S. The van der Waals surface area contributed by atoms with Gasteiger partial charge in [0.05, 0.1) is 18.6 Å². The summed E-state index contributed by atoms with van der Waals surface area (Å²) in [6, 6.07) is 12.8. The van der Waals surface area contributed by atoms with Crippen LogP contribution in [0, 0.1) is 5.82 Å². The molecule has 9 heteroatoms. The van der Waals surface area contributed by atoms with E-state index in [9.17, 15) is 9.18 Å². The lowest BCUT2D eigenvalue weighted by atomic mass is 10.1. The molecule has 2 heterocycles. The van der Waals surface area contributed by atoms with Crippen LogP contribution in [-0.2, 0) is 0 Å². The first-order valence-electron chi connectivity index (χ1n) is 8.28. The highest BCUT2D eigenvalue weighted by Gasteiger charge is 2.15. The molecule has 0 radical (unpaired) electrons. The number of Topliss-reactive ketones (excluding diaryl/α,β-unsaturated/α-hetero) is 1. The van der Waals surface area contributed by atoms with Gasteiger partial charge >= 0.3 is 0 Å². The number of aromatic nitrogens is 5. The predicted octanol–water partition coefficient (Wildman–Crippen LogP) is 3.33. The maximum Gasteiger partial charge on any atom is 0.187 e. The minimum absolute atomic E-state index is 0.0367. The molecule has 0 atom stereocenters. The zero-order valence-electron chi connectivity index (χ0n) is 14.7. The minimum atomic E-state index is -0.337. The Hall–Kier alpha value is -3.33. The molecule has 7 nitrogen and oxygen atoms in total. The first kappa shape index (κ1) is 18.1. The number of carbonyl (C=O) groups excluding carboxylic acids is 1. The first-order chi connectivity index (χ1) is 13.7. The second kappa shape index (κ2) is 7.73. The summed E-state index contributed by atoms with van der Waals surface area (Å²) in [4.78, 5) is 20.9. The lowest BCUT2D eigenvalue weighted by molar-refractivity contribution is 0.102. The van der Waals surface area contributed by atoms with E-state index in [0.29, 0.717) is 33.2 Å². The van der Waals surface area contributed by atoms with Gasteiger partial charge in [0.2, 0.25) is 0 Å². The number of benzene rings is 2. The van der Waals surface area contributed by atoms with Crippen molar-refractivity contribution in [3.05, 3.63) is 66.2 Å². The smallest absolute Gasteiger partial charge is 0.187 e. The van der Waals surface area contributed by atoms with E-state index in [1.807, 2.05) is 0 Å². The van der Waals surface area contributed by atoms with Crippen LogP contribution in [0.25, 0.3) is 16.9 Å². The van der Waals surface area contributed by atoms with Crippen LogP contribution in [0.3, 0.4) is 0 Å². The second-order valence-electron chi connectivity index (χ2n) is 5.77. The number of thioether (sulfide) groups is 1. The molecule has 0 aliphatic rings. The van der Waals surface area contributed by atoms with Gasteiger partial charge in [-0.05, 0) is 48.5 Å². The number of fused-ring (bicyclic) bond motifs is 1. The van der Waals surface area contributed by atoms with Crippen molar-refractivity contribution in [3.63, 3.8) is 0 Å². The maximum absolute atomic E-state index is 13.2. The average molecular weight is 395 g/mol. The van der Waals surface area contributed by atoms with Crippen molar-refractivity contribution in [1.82, 2.24) is 25.0 Å². The van der Waals surface area contributed by atoms with Gasteiger partial charge in [-0.2, -0.15) is 4.68 Å². The minimum Gasteiger partial charge on any atom is -0.497 e. The molecule has 0 fully saturated rings. The predicted molar refractivity (Wildman–Crippen MR) is 102 cm³/mol. The highest BCUT2D eigenvalue weighted by molar-refractivity contribution is 8.00. The van der Waals surface area contributed by atoms with Gasteiger partial charge in [0.25, 0.3) is 0 Å². The Morgan fingerprint density at radius 2 is 1.86 bits per heavy atom. The van der Waals surface area contributed by atoms with Crippen LogP contribution >= 0.6 is 11.8 Å². The largest absolute Gasteiger partial charge is 0.497 e. The van der Waals surface area contributed by atoms with Crippen LogP contribution in [0.2, 0.25) is 0 Å². The van der Waals surface area contributed by atoms with E-state index in [-0.39, 0.29) is 17.4 Å². The van der Waals surface area contributed by atoms with Crippen LogP contribution in [0.1, 0.15) is 10.4 Å². The Morgan fingerprint density at radius 1 is 1.11 bits per heavy atom. The summed E-state index contributed by atoms with van der Waals surface area (Å²) in [5, 5.41) is 8.78. The normalized spacial score (nSPS) is 10.9. The van der Waals surface area contributed by atoms with Gasteiger partial charge in [-0.3, -0.25) is 4.79 Å². The van der Waals surface area contributed by atoms with Crippen LogP contribution in [-0.4, -0.2) is 43.6 Å². The number of halogens is 1. The zero-order chi connectivity index (χ0) is 19.5. The van der Waals surface area contributed by atoms with E-state index < -0.39 is 0 Å². The van der Waals surface area contributed by atoms with Crippen molar-refractivity contribution < 1.29 is 13.9 Å². The highest BCUT2D eigenvalue weighted by Crippen LogP contribution is 2.25. The standard InChI is InChI=1S/C19H14FN5O2S/c1-27-15-8-2-12(3-9-15)16(26)10-28-19-17-18(21-11-22-19)25(24-23-17)14-6-4-13(20)5-7-14/h2-9,11H,10H2,1H3. The van der Waals surface area contributed by atoms with Gasteiger partial charge in [0.1, 0.15) is 22.9 Å². The molecule has 28 heavy (non-hydrogen) atoms. The fraction of sp³-hybridized carbons (Fsp3) is 0.105. The number of rotatable bonds is 6. The summed E-state index contributed by atoms with van der Waals surface area (Å²) in [5.41, 5.74) is 2.20. The van der Waals surface area contributed by atoms with Crippen LogP contribution in [0.4, 0.5) is 4.39 Å². The van der Waals surface area contributed by atoms with Gasteiger partial charge in [-0.15, -0.1) is 5.10 Å². The second-order valence-corrected chi connectivity index (χ2v) is 6.73. The fourth-order valence-corrected chi connectivity index (χ4v) is 3.41. The molecule has 0 spiro atoms. The molecule has 0 unspecified atom stereocenters. The van der Waals surface area contributed by atoms with E-state index in [1.165, 1.54) is 34.9 Å².